The molecular formula is C22H22BrN3O2. The maximum atomic E-state index is 12.7. The van der Waals surface area contributed by atoms with E-state index in [1.807, 2.05) is 36.4 Å². The molecule has 4 rings (SSSR count). The topological polar surface area (TPSA) is 54.3 Å². The Morgan fingerprint density at radius 2 is 2.00 bits per heavy atom. The van der Waals surface area contributed by atoms with Crippen molar-refractivity contribution in [2.75, 3.05) is 18.0 Å². The third kappa shape index (κ3) is 3.83. The summed E-state index contributed by atoms with van der Waals surface area (Å²) < 4.78 is 3.11. The van der Waals surface area contributed by atoms with Crippen LogP contribution in [0, 0.1) is 5.92 Å². The Morgan fingerprint density at radius 3 is 2.86 bits per heavy atom. The molecule has 1 aliphatic heterocycles. The van der Waals surface area contributed by atoms with Crippen LogP contribution in [0.4, 0.5) is 5.69 Å². The molecule has 0 radical (unpaired) electrons. The van der Waals surface area contributed by atoms with Crippen LogP contribution in [0.25, 0.3) is 10.9 Å². The zero-order chi connectivity index (χ0) is 19.5. The van der Waals surface area contributed by atoms with E-state index in [9.17, 15) is 9.59 Å². The number of fused-ring (bicyclic) bond motifs is 1. The summed E-state index contributed by atoms with van der Waals surface area (Å²) >= 11 is 3.43. The van der Waals surface area contributed by atoms with Gasteiger partial charge in [0.2, 0.25) is 11.8 Å². The monoisotopic (exact) mass is 439 g/mol. The quantitative estimate of drug-likeness (QED) is 0.466. The molecule has 1 N–H and O–H groups in total. The first kappa shape index (κ1) is 18.7. The summed E-state index contributed by atoms with van der Waals surface area (Å²) in [5, 5.41) is 4.16. The van der Waals surface area contributed by atoms with Gasteiger partial charge in [-0.3, -0.25) is 9.59 Å². The van der Waals surface area contributed by atoms with E-state index in [1.165, 1.54) is 10.9 Å². The van der Waals surface area contributed by atoms with E-state index in [2.05, 4.69) is 50.2 Å². The number of para-hydroxylation sites is 1. The molecule has 1 fully saturated rings. The molecule has 2 aromatic carbocycles. The molecule has 6 heteroatoms. The maximum absolute atomic E-state index is 12.7. The van der Waals surface area contributed by atoms with Crippen molar-refractivity contribution < 1.29 is 9.59 Å². The first-order valence-corrected chi connectivity index (χ1v) is 10.3. The van der Waals surface area contributed by atoms with Crippen LogP contribution in [0.3, 0.4) is 0 Å². The molecule has 2 heterocycles. The molecule has 0 saturated carbocycles. The molecule has 1 aromatic heterocycles. The summed E-state index contributed by atoms with van der Waals surface area (Å²) in [6, 6.07) is 18.0. The van der Waals surface area contributed by atoms with Gasteiger partial charge in [0.05, 0.1) is 0 Å². The molecule has 144 valence electrons. The number of carbonyl (C=O) groups is 2. The van der Waals surface area contributed by atoms with Gasteiger partial charge in [0.1, 0.15) is 5.92 Å². The minimum absolute atomic E-state index is 0.119. The lowest BCUT2D eigenvalue weighted by Crippen LogP contribution is -2.37. The Labute approximate surface area is 172 Å². The van der Waals surface area contributed by atoms with Crippen LogP contribution in [0.5, 0.6) is 0 Å². The van der Waals surface area contributed by atoms with Crippen LogP contribution >= 0.6 is 15.9 Å². The van der Waals surface area contributed by atoms with E-state index >= 15 is 0 Å². The molecule has 1 saturated heterocycles. The zero-order valence-corrected chi connectivity index (χ0v) is 17.1. The zero-order valence-electron chi connectivity index (χ0n) is 15.5. The molecule has 1 aliphatic rings. The Hall–Kier alpha value is -2.60. The summed E-state index contributed by atoms with van der Waals surface area (Å²) in [7, 11) is 0. The summed E-state index contributed by atoms with van der Waals surface area (Å²) in [6.45, 7) is 1.96. The second-order valence-electron chi connectivity index (χ2n) is 7.02. The van der Waals surface area contributed by atoms with Gasteiger partial charge in [-0.25, -0.2) is 0 Å². The molecule has 5 nitrogen and oxygen atoms in total. The van der Waals surface area contributed by atoms with Gasteiger partial charge in [-0.1, -0.05) is 40.2 Å². The molecule has 2 amide bonds. The highest BCUT2D eigenvalue weighted by atomic mass is 79.9. The van der Waals surface area contributed by atoms with Crippen LogP contribution in [-0.2, 0) is 16.1 Å². The average molecular weight is 440 g/mol. The van der Waals surface area contributed by atoms with E-state index < -0.39 is 5.92 Å². The van der Waals surface area contributed by atoms with Gasteiger partial charge < -0.3 is 14.8 Å². The fourth-order valence-electron chi connectivity index (χ4n) is 3.74. The Kier molecular flexibility index (Phi) is 5.48. The second-order valence-corrected chi connectivity index (χ2v) is 7.94. The molecule has 0 bridgehead atoms. The standard InChI is InChI=1S/C22H22BrN3O2/c23-17-6-3-7-18(15-17)26-14-10-19(22(26)28)21(27)24-11-4-12-25-13-9-16-5-1-2-8-20(16)25/h1-3,5-9,13,15,19H,4,10-12,14H2,(H,24,27). The van der Waals surface area contributed by atoms with Crippen molar-refractivity contribution in [3.8, 4) is 0 Å². The number of benzene rings is 2. The number of aromatic nitrogens is 1. The summed E-state index contributed by atoms with van der Waals surface area (Å²) in [5.74, 6) is -0.877. The van der Waals surface area contributed by atoms with Gasteiger partial charge in [-0.2, -0.15) is 0 Å². The largest absolute Gasteiger partial charge is 0.355 e. The van der Waals surface area contributed by atoms with Crippen molar-refractivity contribution >= 4 is 44.3 Å². The number of anilines is 1. The van der Waals surface area contributed by atoms with Crippen molar-refractivity contribution in [1.29, 1.82) is 0 Å². The fraction of sp³-hybridized carbons (Fsp3) is 0.273. The first-order chi connectivity index (χ1) is 13.6. The van der Waals surface area contributed by atoms with Crippen LogP contribution < -0.4 is 10.2 Å². The highest BCUT2D eigenvalue weighted by molar-refractivity contribution is 9.10. The van der Waals surface area contributed by atoms with Crippen LogP contribution in [-0.4, -0.2) is 29.5 Å². The number of halogens is 1. The summed E-state index contributed by atoms with van der Waals surface area (Å²) in [6.07, 6.45) is 3.45. The number of nitrogens with zero attached hydrogens (tertiary/aromatic N) is 2. The van der Waals surface area contributed by atoms with Gasteiger partial charge in [-0.05, 0) is 48.6 Å². The smallest absolute Gasteiger partial charge is 0.239 e. The normalized spacial score (nSPS) is 16.7. The summed E-state index contributed by atoms with van der Waals surface area (Å²) in [5.41, 5.74) is 2.03. The number of carbonyl (C=O) groups excluding carboxylic acids is 2. The summed E-state index contributed by atoms with van der Waals surface area (Å²) in [4.78, 5) is 26.9. The van der Waals surface area contributed by atoms with Crippen molar-refractivity contribution in [1.82, 2.24) is 9.88 Å². The third-order valence-corrected chi connectivity index (χ3v) is 5.69. The van der Waals surface area contributed by atoms with Crippen molar-refractivity contribution in [3.05, 3.63) is 65.3 Å². The lowest BCUT2D eigenvalue weighted by atomic mass is 10.1. The first-order valence-electron chi connectivity index (χ1n) is 9.52. The third-order valence-electron chi connectivity index (χ3n) is 5.20. The van der Waals surface area contributed by atoms with Crippen molar-refractivity contribution in [2.45, 2.75) is 19.4 Å². The average Bonchev–Trinajstić information content (AvgIpc) is 3.29. The molecular weight excluding hydrogens is 418 g/mol. The van der Waals surface area contributed by atoms with Crippen molar-refractivity contribution in [2.24, 2.45) is 5.92 Å². The Bertz CT molecular complexity index is 1010. The number of hydrogen-bond donors (Lipinski definition) is 1. The van der Waals surface area contributed by atoms with Gasteiger partial charge in [-0.15, -0.1) is 0 Å². The van der Waals surface area contributed by atoms with Crippen LogP contribution in [0.15, 0.2) is 65.3 Å². The molecule has 28 heavy (non-hydrogen) atoms. The molecule has 3 aromatic rings. The number of hydrogen-bond acceptors (Lipinski definition) is 2. The van der Waals surface area contributed by atoms with Gasteiger partial charge >= 0.3 is 0 Å². The van der Waals surface area contributed by atoms with Crippen molar-refractivity contribution in [3.63, 3.8) is 0 Å². The molecule has 1 atom stereocenters. The second kappa shape index (κ2) is 8.19. The van der Waals surface area contributed by atoms with Gasteiger partial charge in [0, 0.05) is 41.5 Å². The maximum Gasteiger partial charge on any atom is 0.239 e. The van der Waals surface area contributed by atoms with E-state index in [1.54, 1.807) is 4.90 Å². The molecule has 0 spiro atoms. The number of rotatable bonds is 6. The predicted molar refractivity (Wildman–Crippen MR) is 114 cm³/mol. The van der Waals surface area contributed by atoms with E-state index in [0.29, 0.717) is 19.5 Å². The Balaban J connectivity index is 1.29. The minimum Gasteiger partial charge on any atom is -0.355 e. The van der Waals surface area contributed by atoms with E-state index in [0.717, 1.165) is 23.1 Å². The fourth-order valence-corrected chi connectivity index (χ4v) is 4.13. The van der Waals surface area contributed by atoms with E-state index in [4.69, 9.17) is 0 Å². The number of amides is 2. The van der Waals surface area contributed by atoms with Crippen LogP contribution in [0.1, 0.15) is 12.8 Å². The lowest BCUT2D eigenvalue weighted by Gasteiger charge is -2.17. The van der Waals surface area contributed by atoms with Gasteiger partial charge in [0.15, 0.2) is 0 Å². The van der Waals surface area contributed by atoms with Gasteiger partial charge in [0.25, 0.3) is 0 Å². The number of nitrogens with one attached hydrogen (secondary N) is 1. The van der Waals surface area contributed by atoms with E-state index in [-0.39, 0.29) is 11.8 Å². The molecule has 0 aliphatic carbocycles. The SMILES string of the molecule is O=C(NCCCn1ccc2ccccc21)C1CCN(c2cccc(Br)c2)C1=O. The predicted octanol–water partition coefficient (Wildman–Crippen LogP) is 3.96. The highest BCUT2D eigenvalue weighted by Gasteiger charge is 2.37. The lowest BCUT2D eigenvalue weighted by molar-refractivity contribution is -0.132. The molecule has 1 unspecified atom stereocenters. The Morgan fingerprint density at radius 1 is 1.14 bits per heavy atom. The highest BCUT2D eigenvalue weighted by Crippen LogP contribution is 2.27. The van der Waals surface area contributed by atoms with Crippen LogP contribution in [0.2, 0.25) is 0 Å². The minimum atomic E-state index is -0.591. The number of aryl methyl sites for hydroxylation is 1.